The predicted molar refractivity (Wildman–Crippen MR) is 88.3 cm³/mol. The van der Waals surface area contributed by atoms with Gasteiger partial charge in [0.2, 0.25) is 11.8 Å². The Balaban J connectivity index is 1.61. The molecular weight excluding hydrogens is 298 g/mol. The lowest BCUT2D eigenvalue weighted by atomic mass is 9.98. The maximum Gasteiger partial charge on any atom is 0.246 e. The lowest BCUT2D eigenvalue weighted by molar-refractivity contribution is -0.143. The summed E-state index contributed by atoms with van der Waals surface area (Å²) in [5.41, 5.74) is 6.16. The largest absolute Gasteiger partial charge is 0.340 e. The summed E-state index contributed by atoms with van der Waals surface area (Å²) in [5, 5.41) is 0. The second-order valence-corrected chi connectivity index (χ2v) is 7.89. The van der Waals surface area contributed by atoms with Gasteiger partial charge in [-0.05, 0) is 31.1 Å². The maximum absolute atomic E-state index is 12.9. The molecule has 3 rings (SSSR count). The third-order valence-electron chi connectivity index (χ3n) is 5.46. The summed E-state index contributed by atoms with van der Waals surface area (Å²) in [6, 6.07) is 0.00690. The molecule has 2 heterocycles. The van der Waals surface area contributed by atoms with E-state index in [0.29, 0.717) is 24.1 Å². The first-order valence-electron chi connectivity index (χ1n) is 8.53. The number of hydrogen-bond acceptors (Lipinski definition) is 4. The average molecular weight is 325 g/mol. The van der Waals surface area contributed by atoms with Crippen molar-refractivity contribution in [3.63, 3.8) is 0 Å². The van der Waals surface area contributed by atoms with Crippen LogP contribution in [0.2, 0.25) is 0 Å². The molecule has 3 aliphatic rings. The number of carbonyl (C=O) groups excluding carboxylic acids is 2. The third kappa shape index (κ3) is 3.00. The van der Waals surface area contributed by atoms with Crippen LogP contribution < -0.4 is 5.73 Å². The van der Waals surface area contributed by atoms with Crippen molar-refractivity contribution >= 4 is 23.6 Å². The van der Waals surface area contributed by atoms with Gasteiger partial charge in [-0.1, -0.05) is 13.3 Å². The van der Waals surface area contributed by atoms with Gasteiger partial charge < -0.3 is 15.5 Å². The molecule has 2 aliphatic heterocycles. The highest BCUT2D eigenvalue weighted by Gasteiger charge is 2.45. The number of thioether (sulfide) groups is 1. The van der Waals surface area contributed by atoms with Crippen molar-refractivity contribution in [2.45, 2.75) is 51.1 Å². The van der Waals surface area contributed by atoms with Gasteiger partial charge >= 0.3 is 0 Å². The van der Waals surface area contributed by atoms with Crippen molar-refractivity contribution in [2.24, 2.45) is 17.6 Å². The second kappa shape index (κ2) is 6.79. The Morgan fingerprint density at radius 2 is 2.09 bits per heavy atom. The molecule has 5 nitrogen and oxygen atoms in total. The van der Waals surface area contributed by atoms with Crippen molar-refractivity contribution in [3.8, 4) is 0 Å². The van der Waals surface area contributed by atoms with E-state index in [-0.39, 0.29) is 23.9 Å². The first kappa shape index (κ1) is 16.1. The minimum absolute atomic E-state index is 0.140. The van der Waals surface area contributed by atoms with Gasteiger partial charge in [-0.25, -0.2) is 0 Å². The van der Waals surface area contributed by atoms with Crippen LogP contribution in [0.15, 0.2) is 0 Å². The fourth-order valence-corrected chi connectivity index (χ4v) is 5.23. The van der Waals surface area contributed by atoms with Gasteiger partial charge in [-0.15, -0.1) is 11.8 Å². The van der Waals surface area contributed by atoms with E-state index in [1.165, 1.54) is 0 Å². The molecule has 4 unspecified atom stereocenters. The molecule has 124 valence electrons. The molecule has 1 aliphatic carbocycles. The Bertz CT molecular complexity index is 445. The molecule has 6 heteroatoms. The summed E-state index contributed by atoms with van der Waals surface area (Å²) in [4.78, 5) is 28.9. The molecule has 0 aromatic rings. The number of likely N-dealkylation sites (tertiary alicyclic amines) is 1. The van der Waals surface area contributed by atoms with E-state index in [4.69, 9.17) is 5.73 Å². The Hall–Kier alpha value is -0.750. The summed E-state index contributed by atoms with van der Waals surface area (Å²) >= 11 is 1.69. The highest BCUT2D eigenvalue weighted by Crippen LogP contribution is 2.38. The highest BCUT2D eigenvalue weighted by atomic mass is 32.2. The van der Waals surface area contributed by atoms with Crippen LogP contribution in [0.3, 0.4) is 0 Å². The number of nitrogens with zero attached hydrogens (tertiary/aromatic N) is 2. The fourth-order valence-electron chi connectivity index (χ4n) is 4.06. The molecule has 0 aromatic heterocycles. The van der Waals surface area contributed by atoms with Crippen LogP contribution in [0.4, 0.5) is 0 Å². The SMILES string of the molecule is CCCCC(=O)N1CSCC1C(=O)N1CC2CCC(N)C2C1. The zero-order valence-corrected chi connectivity index (χ0v) is 14.2. The molecule has 4 atom stereocenters. The Labute approximate surface area is 137 Å². The molecule has 0 bridgehead atoms. The number of nitrogens with two attached hydrogens (primary N) is 1. The van der Waals surface area contributed by atoms with Crippen LogP contribution in [-0.4, -0.2) is 58.4 Å². The fraction of sp³-hybridized carbons (Fsp3) is 0.875. The number of fused-ring (bicyclic) bond motifs is 1. The quantitative estimate of drug-likeness (QED) is 0.845. The highest BCUT2D eigenvalue weighted by molar-refractivity contribution is 7.99. The molecule has 1 saturated carbocycles. The molecule has 2 N–H and O–H groups in total. The summed E-state index contributed by atoms with van der Waals surface area (Å²) in [6.45, 7) is 3.72. The molecule has 0 spiro atoms. The van der Waals surface area contributed by atoms with Crippen LogP contribution in [0.5, 0.6) is 0 Å². The minimum Gasteiger partial charge on any atom is -0.340 e. The first-order chi connectivity index (χ1) is 10.6. The summed E-state index contributed by atoms with van der Waals surface area (Å²) in [7, 11) is 0. The van der Waals surface area contributed by atoms with E-state index in [1.54, 1.807) is 16.7 Å². The Kier molecular flexibility index (Phi) is 4.97. The van der Waals surface area contributed by atoms with Gasteiger partial charge in [0.1, 0.15) is 6.04 Å². The smallest absolute Gasteiger partial charge is 0.246 e. The monoisotopic (exact) mass is 325 g/mol. The first-order valence-corrected chi connectivity index (χ1v) is 9.68. The van der Waals surface area contributed by atoms with Crippen LogP contribution >= 0.6 is 11.8 Å². The zero-order chi connectivity index (χ0) is 15.7. The lowest BCUT2D eigenvalue weighted by Gasteiger charge is -2.28. The predicted octanol–water partition coefficient (Wildman–Crippen LogP) is 1.27. The number of unbranched alkanes of at least 4 members (excludes halogenated alkanes) is 1. The Morgan fingerprint density at radius 1 is 1.27 bits per heavy atom. The molecule has 0 aromatic carbocycles. The van der Waals surface area contributed by atoms with Crippen molar-refractivity contribution in [2.75, 3.05) is 24.7 Å². The molecule has 0 radical (unpaired) electrons. The van der Waals surface area contributed by atoms with Gasteiger partial charge in [0.25, 0.3) is 0 Å². The standard InChI is InChI=1S/C16H27N3O2S/c1-2-3-4-15(20)19-10-22-9-14(19)16(21)18-7-11-5-6-13(17)12(11)8-18/h11-14H,2-10,17H2,1H3. The second-order valence-electron chi connectivity index (χ2n) is 6.89. The number of rotatable bonds is 4. The number of amides is 2. The van der Waals surface area contributed by atoms with Gasteiger partial charge in [-0.3, -0.25) is 9.59 Å². The average Bonchev–Trinajstić information content (AvgIpc) is 3.21. The number of carbonyl (C=O) groups is 2. The van der Waals surface area contributed by atoms with Crippen LogP contribution in [0.1, 0.15) is 39.0 Å². The molecule has 2 saturated heterocycles. The maximum atomic E-state index is 12.9. The van der Waals surface area contributed by atoms with Crippen LogP contribution in [-0.2, 0) is 9.59 Å². The van der Waals surface area contributed by atoms with Gasteiger partial charge in [0, 0.05) is 31.3 Å². The van der Waals surface area contributed by atoms with E-state index in [2.05, 4.69) is 6.92 Å². The van der Waals surface area contributed by atoms with Gasteiger partial charge in [-0.2, -0.15) is 0 Å². The number of hydrogen-bond donors (Lipinski definition) is 1. The molecule has 2 amide bonds. The normalized spacial score (nSPS) is 34.3. The summed E-state index contributed by atoms with van der Waals surface area (Å²) in [5.74, 6) is 2.76. The van der Waals surface area contributed by atoms with Crippen molar-refractivity contribution in [1.29, 1.82) is 0 Å². The van der Waals surface area contributed by atoms with E-state index >= 15 is 0 Å². The Morgan fingerprint density at radius 3 is 2.82 bits per heavy atom. The van der Waals surface area contributed by atoms with E-state index < -0.39 is 0 Å². The van der Waals surface area contributed by atoms with E-state index in [1.807, 2.05) is 4.90 Å². The van der Waals surface area contributed by atoms with Gasteiger partial charge in [0.15, 0.2) is 0 Å². The summed E-state index contributed by atoms with van der Waals surface area (Å²) < 4.78 is 0. The van der Waals surface area contributed by atoms with Crippen molar-refractivity contribution in [1.82, 2.24) is 9.80 Å². The topological polar surface area (TPSA) is 66.6 Å². The van der Waals surface area contributed by atoms with E-state index in [0.717, 1.165) is 44.5 Å². The lowest BCUT2D eigenvalue weighted by Crippen LogP contribution is -2.48. The van der Waals surface area contributed by atoms with Crippen LogP contribution in [0.25, 0.3) is 0 Å². The molecule has 3 fully saturated rings. The van der Waals surface area contributed by atoms with Crippen LogP contribution in [0, 0.1) is 11.8 Å². The summed E-state index contributed by atoms with van der Waals surface area (Å²) in [6.07, 6.45) is 4.73. The van der Waals surface area contributed by atoms with Gasteiger partial charge in [0.05, 0.1) is 5.88 Å². The van der Waals surface area contributed by atoms with E-state index in [9.17, 15) is 9.59 Å². The van der Waals surface area contributed by atoms with Crippen molar-refractivity contribution < 1.29 is 9.59 Å². The third-order valence-corrected chi connectivity index (χ3v) is 6.47. The molecular formula is C16H27N3O2S. The van der Waals surface area contributed by atoms with Crippen molar-refractivity contribution in [3.05, 3.63) is 0 Å². The molecule has 22 heavy (non-hydrogen) atoms. The zero-order valence-electron chi connectivity index (χ0n) is 13.4. The minimum atomic E-state index is -0.246.